The van der Waals surface area contributed by atoms with Crippen LogP contribution in [0.5, 0.6) is 11.5 Å². The molecular formula is C62H32N8OS. The van der Waals surface area contributed by atoms with Gasteiger partial charge >= 0.3 is 0 Å². The smallest absolute Gasteiger partial charge is 0.152 e. The lowest BCUT2D eigenvalue weighted by Gasteiger charge is -2.43. The number of rotatable bonds is 3. The largest absolute Gasteiger partial charge is 0.453 e. The van der Waals surface area contributed by atoms with Crippen LogP contribution in [0, 0.1) is 34.0 Å². The van der Waals surface area contributed by atoms with E-state index in [1.807, 2.05) is 97.3 Å². The van der Waals surface area contributed by atoms with Crippen LogP contribution in [-0.4, -0.2) is 19.1 Å². The molecule has 12 aromatic rings. The fourth-order valence-corrected chi connectivity index (χ4v) is 13.1. The Balaban J connectivity index is 1.06. The number of benzene rings is 8. The second-order valence-corrected chi connectivity index (χ2v) is 19.3. The van der Waals surface area contributed by atoms with Crippen molar-refractivity contribution in [1.29, 1.82) is 15.8 Å². The summed E-state index contributed by atoms with van der Waals surface area (Å²) in [6.07, 6.45) is 3.81. The van der Waals surface area contributed by atoms with Gasteiger partial charge in [-0.15, -0.1) is 0 Å². The van der Waals surface area contributed by atoms with Crippen molar-refractivity contribution in [3.63, 3.8) is 0 Å². The Morgan fingerprint density at radius 2 is 1.07 bits per heavy atom. The van der Waals surface area contributed by atoms with Gasteiger partial charge in [0.2, 0.25) is 0 Å². The highest BCUT2D eigenvalue weighted by Gasteiger charge is 2.54. The first kappa shape index (κ1) is 40.0. The Bertz CT molecular complexity index is 4550. The van der Waals surface area contributed by atoms with Crippen molar-refractivity contribution in [2.24, 2.45) is 0 Å². The van der Waals surface area contributed by atoms with Crippen LogP contribution < -0.4 is 9.64 Å². The summed E-state index contributed by atoms with van der Waals surface area (Å²) in [5.74, 6) is 1.27. The molecule has 0 fully saturated rings. The third-order valence-corrected chi connectivity index (χ3v) is 15.8. The minimum Gasteiger partial charge on any atom is -0.453 e. The predicted octanol–water partition coefficient (Wildman–Crippen LogP) is 14.7. The standard InChI is InChI=1S/C62H32N8OS/c63-32-36-18-23-50-43(27-36)41-9-1-3-12-48(41)68(50)39-21-22-45-58(31-39)72-57-17-7-15-54(70-52-14-5-6-16-55(52)71-56-29-38(34-65)20-25-53(56)70)59(57)62(45)46-11-8-26-66-60(46)61-47(62)30-40(35-67-61)69-49-13-4-2-10-42(49)44-28-37(33-64)19-24-51(44)69/h1-31,35H. The summed E-state index contributed by atoms with van der Waals surface area (Å²) in [5.41, 5.74) is 15.0. The minimum atomic E-state index is -0.984. The first-order valence-electron chi connectivity index (χ1n) is 23.5. The minimum absolute atomic E-state index is 0.505. The van der Waals surface area contributed by atoms with E-state index >= 15 is 0 Å². The Labute approximate surface area is 415 Å². The second kappa shape index (κ2) is 14.8. The molecule has 8 aromatic carbocycles. The maximum absolute atomic E-state index is 10.1. The molecule has 0 saturated heterocycles. The van der Waals surface area contributed by atoms with Gasteiger partial charge in [0.1, 0.15) is 0 Å². The van der Waals surface area contributed by atoms with E-state index in [-0.39, 0.29) is 0 Å². The van der Waals surface area contributed by atoms with Gasteiger partial charge in [-0.1, -0.05) is 78.5 Å². The van der Waals surface area contributed by atoms with Gasteiger partial charge < -0.3 is 18.8 Å². The number of anilines is 3. The van der Waals surface area contributed by atoms with Gasteiger partial charge in [-0.2, -0.15) is 15.8 Å². The van der Waals surface area contributed by atoms with Crippen molar-refractivity contribution in [2.75, 3.05) is 4.90 Å². The molecule has 2 aliphatic heterocycles. The average Bonchev–Trinajstić information content (AvgIpc) is 4.05. The van der Waals surface area contributed by atoms with Crippen molar-refractivity contribution in [1.82, 2.24) is 19.1 Å². The molecule has 1 unspecified atom stereocenters. The summed E-state index contributed by atoms with van der Waals surface area (Å²) in [5, 5.41) is 34.2. The summed E-state index contributed by atoms with van der Waals surface area (Å²) in [7, 11) is 0. The fraction of sp³-hybridized carbons (Fsp3) is 0.0161. The van der Waals surface area contributed by atoms with Gasteiger partial charge in [0.05, 0.1) is 103 Å². The molecule has 10 heteroatoms. The molecule has 0 bridgehead atoms. The number of aromatic nitrogens is 4. The van der Waals surface area contributed by atoms with Gasteiger partial charge in [-0.25, -0.2) is 0 Å². The van der Waals surface area contributed by atoms with Crippen molar-refractivity contribution >= 4 is 72.4 Å². The average molecular weight is 937 g/mol. The SMILES string of the molecule is N#Cc1ccc2c(c1)Oc1ccccc1N2c1cccc2c1C1(c3ccc(-n4c5ccccc5c5cc(C#N)ccc54)cc3S2)c2cccnc2-c2ncc(-n3c4ccccc4c4cc(C#N)ccc43)cc21. The van der Waals surface area contributed by atoms with Crippen LogP contribution in [0.3, 0.4) is 0 Å². The van der Waals surface area contributed by atoms with Gasteiger partial charge in [-0.3, -0.25) is 9.97 Å². The molecule has 0 saturated carbocycles. The number of hydrogen-bond acceptors (Lipinski definition) is 8. The molecule has 15 rings (SSSR count). The van der Waals surface area contributed by atoms with Crippen molar-refractivity contribution in [3.05, 3.63) is 233 Å². The Morgan fingerprint density at radius 3 is 1.82 bits per heavy atom. The lowest BCUT2D eigenvalue weighted by molar-refractivity contribution is 0.476. The number of para-hydroxylation sites is 4. The molecule has 0 amide bonds. The molecule has 3 aliphatic rings. The van der Waals surface area contributed by atoms with Crippen molar-refractivity contribution in [2.45, 2.75) is 15.2 Å². The maximum atomic E-state index is 10.1. The van der Waals surface area contributed by atoms with E-state index in [0.29, 0.717) is 28.2 Å². The zero-order valence-corrected chi connectivity index (χ0v) is 38.7. The Kier molecular flexibility index (Phi) is 8.22. The maximum Gasteiger partial charge on any atom is 0.152 e. The molecule has 4 aromatic heterocycles. The number of ether oxygens (including phenoxy) is 1. The van der Waals surface area contributed by atoms with Gasteiger partial charge in [0.25, 0.3) is 0 Å². The van der Waals surface area contributed by atoms with E-state index in [1.165, 1.54) is 0 Å². The van der Waals surface area contributed by atoms with E-state index in [9.17, 15) is 15.8 Å². The van der Waals surface area contributed by atoms with Gasteiger partial charge in [0.15, 0.2) is 11.5 Å². The molecule has 6 heterocycles. The normalized spacial score (nSPS) is 14.7. The third kappa shape index (κ3) is 5.29. The summed E-state index contributed by atoms with van der Waals surface area (Å²) in [6, 6.07) is 69.2. The predicted molar refractivity (Wildman–Crippen MR) is 281 cm³/mol. The van der Waals surface area contributed by atoms with Gasteiger partial charge in [0, 0.05) is 60.4 Å². The molecule has 1 aliphatic carbocycles. The highest BCUT2D eigenvalue weighted by molar-refractivity contribution is 7.99. The number of fused-ring (bicyclic) bond motifs is 17. The zero-order chi connectivity index (χ0) is 47.8. The molecule has 0 N–H and O–H groups in total. The lowest BCUT2D eigenvalue weighted by Crippen LogP contribution is -2.34. The fourth-order valence-electron chi connectivity index (χ4n) is 11.8. The first-order chi connectivity index (χ1) is 35.5. The molecular weight excluding hydrogens is 905 g/mol. The van der Waals surface area contributed by atoms with E-state index in [4.69, 9.17) is 14.7 Å². The van der Waals surface area contributed by atoms with Crippen LogP contribution in [0.25, 0.3) is 66.4 Å². The lowest BCUT2D eigenvalue weighted by atomic mass is 9.67. The zero-order valence-electron chi connectivity index (χ0n) is 37.9. The highest BCUT2D eigenvalue weighted by Crippen LogP contribution is 2.65. The summed E-state index contributed by atoms with van der Waals surface area (Å²) in [4.78, 5) is 15.0. The number of pyridine rings is 2. The highest BCUT2D eigenvalue weighted by atomic mass is 32.2. The number of hydrogen-bond donors (Lipinski definition) is 0. The van der Waals surface area contributed by atoms with Crippen LogP contribution in [-0.2, 0) is 5.41 Å². The van der Waals surface area contributed by atoms with Crippen LogP contribution in [0.2, 0.25) is 0 Å². The molecule has 332 valence electrons. The first-order valence-corrected chi connectivity index (χ1v) is 24.3. The third-order valence-electron chi connectivity index (χ3n) is 14.7. The summed E-state index contributed by atoms with van der Waals surface area (Å²) < 4.78 is 11.2. The summed E-state index contributed by atoms with van der Waals surface area (Å²) >= 11 is 1.75. The van der Waals surface area contributed by atoms with E-state index in [0.717, 1.165) is 115 Å². The molecule has 9 nitrogen and oxygen atoms in total. The Hall–Kier alpha value is -9.92. The van der Waals surface area contributed by atoms with Gasteiger partial charge in [-0.05, 0) is 120 Å². The molecule has 1 atom stereocenters. The van der Waals surface area contributed by atoms with E-state index in [1.54, 1.807) is 11.8 Å². The molecule has 72 heavy (non-hydrogen) atoms. The molecule has 1 spiro atoms. The van der Waals surface area contributed by atoms with E-state index < -0.39 is 5.41 Å². The quantitative estimate of drug-likeness (QED) is 0.172. The Morgan fingerprint density at radius 1 is 0.444 bits per heavy atom. The van der Waals surface area contributed by atoms with Crippen LogP contribution in [0.1, 0.15) is 38.9 Å². The van der Waals surface area contributed by atoms with E-state index in [2.05, 4.69) is 129 Å². The monoisotopic (exact) mass is 936 g/mol. The van der Waals surface area contributed by atoms with Crippen LogP contribution >= 0.6 is 11.8 Å². The van der Waals surface area contributed by atoms with Crippen LogP contribution in [0.15, 0.2) is 204 Å². The van der Waals surface area contributed by atoms with Crippen LogP contribution in [0.4, 0.5) is 17.1 Å². The molecule has 0 radical (unpaired) electrons. The van der Waals surface area contributed by atoms with Crippen molar-refractivity contribution in [3.8, 4) is 52.5 Å². The number of nitrogens with zero attached hydrogens (tertiary/aromatic N) is 8. The second-order valence-electron chi connectivity index (χ2n) is 18.3. The topological polar surface area (TPSA) is 119 Å². The van der Waals surface area contributed by atoms with Crippen molar-refractivity contribution < 1.29 is 4.74 Å². The number of nitriles is 3. The summed E-state index contributed by atoms with van der Waals surface area (Å²) in [6.45, 7) is 0.